The SMILES string of the molecule is Nc1ccc(C(=O)NCC2CCN(c3ccccc3)C2)cc1[N+](=O)[O-]. The standard InChI is InChI=1S/C18H20N4O3/c19-16-7-6-14(10-17(16)22(24)25)18(23)20-11-13-8-9-21(12-13)15-4-2-1-3-5-15/h1-7,10,13H,8-9,11-12,19H2,(H,20,23). The van der Waals surface area contributed by atoms with Crippen LogP contribution in [0.25, 0.3) is 0 Å². The number of hydrogen-bond acceptors (Lipinski definition) is 5. The zero-order chi connectivity index (χ0) is 17.8. The van der Waals surface area contributed by atoms with Crippen LogP contribution in [0, 0.1) is 16.0 Å². The summed E-state index contributed by atoms with van der Waals surface area (Å²) >= 11 is 0. The van der Waals surface area contributed by atoms with E-state index in [4.69, 9.17) is 5.73 Å². The van der Waals surface area contributed by atoms with Crippen molar-refractivity contribution in [2.24, 2.45) is 5.92 Å². The van der Waals surface area contributed by atoms with Gasteiger partial charge in [-0.3, -0.25) is 14.9 Å². The van der Waals surface area contributed by atoms with Gasteiger partial charge in [0.25, 0.3) is 11.6 Å². The fourth-order valence-electron chi connectivity index (χ4n) is 3.05. The lowest BCUT2D eigenvalue weighted by Gasteiger charge is -2.18. The first kappa shape index (κ1) is 16.8. The van der Waals surface area contributed by atoms with Crippen molar-refractivity contribution in [1.29, 1.82) is 0 Å². The summed E-state index contributed by atoms with van der Waals surface area (Å²) in [5.41, 5.74) is 6.80. The molecule has 1 heterocycles. The lowest BCUT2D eigenvalue weighted by Crippen LogP contribution is -2.31. The first-order valence-electron chi connectivity index (χ1n) is 8.16. The molecule has 0 radical (unpaired) electrons. The lowest BCUT2D eigenvalue weighted by molar-refractivity contribution is -0.383. The van der Waals surface area contributed by atoms with E-state index < -0.39 is 4.92 Å². The number of anilines is 2. The maximum Gasteiger partial charge on any atom is 0.292 e. The molecule has 3 N–H and O–H groups in total. The van der Waals surface area contributed by atoms with Crippen LogP contribution in [0.15, 0.2) is 48.5 Å². The fraction of sp³-hybridized carbons (Fsp3) is 0.278. The number of nitro benzene ring substituents is 1. The number of nitrogens with two attached hydrogens (primary N) is 1. The Labute approximate surface area is 145 Å². The number of carbonyl (C=O) groups is 1. The van der Waals surface area contributed by atoms with E-state index in [0.717, 1.165) is 19.5 Å². The maximum absolute atomic E-state index is 12.3. The summed E-state index contributed by atoms with van der Waals surface area (Å²) in [7, 11) is 0. The highest BCUT2D eigenvalue weighted by atomic mass is 16.6. The van der Waals surface area contributed by atoms with Crippen LogP contribution in [0.4, 0.5) is 17.1 Å². The molecule has 0 aromatic heterocycles. The molecule has 1 unspecified atom stereocenters. The number of para-hydroxylation sites is 1. The Morgan fingerprint density at radius 3 is 2.76 bits per heavy atom. The highest BCUT2D eigenvalue weighted by Gasteiger charge is 2.23. The number of hydrogen-bond donors (Lipinski definition) is 2. The zero-order valence-electron chi connectivity index (χ0n) is 13.7. The third kappa shape index (κ3) is 3.88. The summed E-state index contributed by atoms with van der Waals surface area (Å²) in [5.74, 6) is 0.0363. The van der Waals surface area contributed by atoms with Gasteiger partial charge in [-0.15, -0.1) is 0 Å². The normalized spacial score (nSPS) is 16.6. The van der Waals surface area contributed by atoms with E-state index in [1.165, 1.54) is 23.9 Å². The monoisotopic (exact) mass is 340 g/mol. The van der Waals surface area contributed by atoms with Gasteiger partial charge in [0.1, 0.15) is 5.69 Å². The van der Waals surface area contributed by atoms with Crippen LogP contribution >= 0.6 is 0 Å². The van der Waals surface area contributed by atoms with E-state index in [0.29, 0.717) is 12.5 Å². The Morgan fingerprint density at radius 2 is 2.04 bits per heavy atom. The molecular formula is C18H20N4O3. The third-order valence-corrected chi connectivity index (χ3v) is 4.45. The summed E-state index contributed by atoms with van der Waals surface area (Å²) in [5, 5.41) is 13.8. The molecule has 1 aliphatic heterocycles. The maximum atomic E-state index is 12.3. The number of nitro groups is 1. The zero-order valence-corrected chi connectivity index (χ0v) is 13.7. The molecule has 7 heteroatoms. The molecule has 7 nitrogen and oxygen atoms in total. The topological polar surface area (TPSA) is 102 Å². The second-order valence-corrected chi connectivity index (χ2v) is 6.18. The van der Waals surface area contributed by atoms with Gasteiger partial charge >= 0.3 is 0 Å². The van der Waals surface area contributed by atoms with Gasteiger partial charge < -0.3 is 16.0 Å². The summed E-state index contributed by atoms with van der Waals surface area (Å²) in [6, 6.07) is 14.3. The van der Waals surface area contributed by atoms with Crippen molar-refractivity contribution in [2.45, 2.75) is 6.42 Å². The van der Waals surface area contributed by atoms with Crippen molar-refractivity contribution < 1.29 is 9.72 Å². The minimum absolute atomic E-state index is 0.0517. The van der Waals surface area contributed by atoms with Gasteiger partial charge in [-0.2, -0.15) is 0 Å². The van der Waals surface area contributed by atoms with Crippen molar-refractivity contribution >= 4 is 23.0 Å². The second-order valence-electron chi connectivity index (χ2n) is 6.18. The molecule has 2 aromatic rings. The predicted molar refractivity (Wildman–Crippen MR) is 96.6 cm³/mol. The molecule has 0 bridgehead atoms. The number of carbonyl (C=O) groups excluding carboxylic acids is 1. The molecule has 1 saturated heterocycles. The number of amides is 1. The molecule has 1 fully saturated rings. The van der Waals surface area contributed by atoms with Gasteiger partial charge in [-0.25, -0.2) is 0 Å². The fourth-order valence-corrected chi connectivity index (χ4v) is 3.05. The van der Waals surface area contributed by atoms with E-state index in [2.05, 4.69) is 22.3 Å². The Bertz CT molecular complexity index is 779. The van der Waals surface area contributed by atoms with Crippen LogP contribution in [0.5, 0.6) is 0 Å². The molecule has 0 spiro atoms. The molecule has 2 aromatic carbocycles. The number of nitrogen functional groups attached to an aromatic ring is 1. The van der Waals surface area contributed by atoms with Gasteiger partial charge in [0.15, 0.2) is 0 Å². The molecule has 3 rings (SSSR count). The molecule has 25 heavy (non-hydrogen) atoms. The average Bonchev–Trinajstić information content (AvgIpc) is 3.09. The minimum atomic E-state index is -0.583. The Balaban J connectivity index is 1.56. The average molecular weight is 340 g/mol. The number of benzene rings is 2. The number of nitrogens with zero attached hydrogens (tertiary/aromatic N) is 2. The van der Waals surface area contributed by atoms with Crippen LogP contribution in [0.2, 0.25) is 0 Å². The van der Waals surface area contributed by atoms with Crippen molar-refractivity contribution in [2.75, 3.05) is 30.3 Å². The Hall–Kier alpha value is -3.09. The van der Waals surface area contributed by atoms with E-state index in [1.54, 1.807) is 0 Å². The van der Waals surface area contributed by atoms with Crippen LogP contribution in [-0.2, 0) is 0 Å². The molecule has 0 saturated carbocycles. The van der Waals surface area contributed by atoms with Gasteiger partial charge in [0, 0.05) is 37.0 Å². The molecule has 1 amide bonds. The smallest absolute Gasteiger partial charge is 0.292 e. The quantitative estimate of drug-likeness (QED) is 0.494. The van der Waals surface area contributed by atoms with Gasteiger partial charge in [0.05, 0.1) is 4.92 Å². The molecular weight excluding hydrogens is 320 g/mol. The predicted octanol–water partition coefficient (Wildman–Crippen LogP) is 2.43. The molecule has 1 atom stereocenters. The van der Waals surface area contributed by atoms with Gasteiger partial charge in [-0.05, 0) is 36.6 Å². The Kier molecular flexibility index (Phi) is 4.83. The van der Waals surface area contributed by atoms with E-state index in [9.17, 15) is 14.9 Å². The molecule has 130 valence electrons. The minimum Gasteiger partial charge on any atom is -0.393 e. The second kappa shape index (κ2) is 7.21. The van der Waals surface area contributed by atoms with Gasteiger partial charge in [0.2, 0.25) is 0 Å². The largest absolute Gasteiger partial charge is 0.393 e. The first-order valence-corrected chi connectivity index (χ1v) is 8.16. The highest BCUT2D eigenvalue weighted by Crippen LogP contribution is 2.24. The van der Waals surface area contributed by atoms with E-state index >= 15 is 0 Å². The lowest BCUT2D eigenvalue weighted by atomic mass is 10.1. The van der Waals surface area contributed by atoms with E-state index in [1.807, 2.05) is 18.2 Å². The van der Waals surface area contributed by atoms with Crippen LogP contribution in [-0.4, -0.2) is 30.5 Å². The van der Waals surface area contributed by atoms with Gasteiger partial charge in [-0.1, -0.05) is 18.2 Å². The van der Waals surface area contributed by atoms with Crippen LogP contribution in [0.3, 0.4) is 0 Å². The van der Waals surface area contributed by atoms with Crippen LogP contribution < -0.4 is 16.0 Å². The summed E-state index contributed by atoms with van der Waals surface area (Å²) in [6.07, 6.45) is 0.997. The summed E-state index contributed by atoms with van der Waals surface area (Å²) in [6.45, 7) is 2.38. The first-order chi connectivity index (χ1) is 12.0. The van der Waals surface area contributed by atoms with Crippen molar-refractivity contribution in [3.63, 3.8) is 0 Å². The molecule has 0 aliphatic carbocycles. The summed E-state index contributed by atoms with van der Waals surface area (Å²) < 4.78 is 0. The van der Waals surface area contributed by atoms with E-state index in [-0.39, 0.29) is 22.8 Å². The van der Waals surface area contributed by atoms with Crippen LogP contribution in [0.1, 0.15) is 16.8 Å². The number of nitrogens with one attached hydrogen (secondary N) is 1. The van der Waals surface area contributed by atoms with Crippen molar-refractivity contribution in [3.05, 3.63) is 64.2 Å². The molecule has 1 aliphatic rings. The van der Waals surface area contributed by atoms with Crippen molar-refractivity contribution in [1.82, 2.24) is 5.32 Å². The third-order valence-electron chi connectivity index (χ3n) is 4.45. The number of rotatable bonds is 5. The van der Waals surface area contributed by atoms with Crippen molar-refractivity contribution in [3.8, 4) is 0 Å². The highest BCUT2D eigenvalue weighted by molar-refractivity contribution is 5.95. The summed E-state index contributed by atoms with van der Waals surface area (Å²) in [4.78, 5) is 24.9. The Morgan fingerprint density at radius 1 is 1.28 bits per heavy atom.